The first-order chi connectivity index (χ1) is 4.33. The first-order valence-corrected chi connectivity index (χ1v) is 2.66. The molecule has 1 aromatic rings. The molecule has 48 valence electrons. The van der Waals surface area contributed by atoms with E-state index < -0.39 is 0 Å². The fourth-order valence-electron chi connectivity index (χ4n) is 0.548. The van der Waals surface area contributed by atoms with Gasteiger partial charge in [0, 0.05) is 12.3 Å². The Labute approximate surface area is 53.7 Å². The average Bonchev–Trinajstić information content (AvgIpc) is 1.88. The van der Waals surface area contributed by atoms with E-state index in [-0.39, 0.29) is 0 Å². The molecule has 0 aliphatic carbocycles. The zero-order chi connectivity index (χ0) is 6.69. The lowest BCUT2D eigenvalue weighted by Gasteiger charge is -1.95. The number of aromatic nitrogens is 2. The van der Waals surface area contributed by atoms with Crippen molar-refractivity contribution in [3.63, 3.8) is 0 Å². The standard InChI is InChI=1S/C6H8N2O/c1-5-7-4-3-6(8-5)9-2/h3-4H,1-2H3. The third kappa shape index (κ3) is 1.38. The summed E-state index contributed by atoms with van der Waals surface area (Å²) in [5, 5.41) is 0. The highest BCUT2D eigenvalue weighted by molar-refractivity contribution is 5.06. The van der Waals surface area contributed by atoms with Crippen molar-refractivity contribution in [3.8, 4) is 5.88 Å². The van der Waals surface area contributed by atoms with E-state index in [0.717, 1.165) is 5.82 Å². The second-order valence-corrected chi connectivity index (χ2v) is 1.65. The number of rotatable bonds is 1. The van der Waals surface area contributed by atoms with Gasteiger partial charge in [0.15, 0.2) is 0 Å². The van der Waals surface area contributed by atoms with E-state index in [2.05, 4.69) is 9.97 Å². The summed E-state index contributed by atoms with van der Waals surface area (Å²) >= 11 is 0. The maximum atomic E-state index is 4.84. The zero-order valence-corrected chi connectivity index (χ0v) is 5.46. The minimum Gasteiger partial charge on any atom is -0.481 e. The van der Waals surface area contributed by atoms with E-state index in [1.165, 1.54) is 0 Å². The van der Waals surface area contributed by atoms with Crippen LogP contribution < -0.4 is 4.74 Å². The fourth-order valence-corrected chi connectivity index (χ4v) is 0.548. The highest BCUT2D eigenvalue weighted by Gasteiger charge is 1.89. The SMILES string of the molecule is COc1ccnc(C)n1. The summed E-state index contributed by atoms with van der Waals surface area (Å²) in [7, 11) is 1.59. The molecule has 0 spiro atoms. The van der Waals surface area contributed by atoms with Gasteiger partial charge in [0.25, 0.3) is 0 Å². The Morgan fingerprint density at radius 2 is 2.33 bits per heavy atom. The summed E-state index contributed by atoms with van der Waals surface area (Å²) in [6, 6.07) is 1.72. The molecule has 0 amide bonds. The van der Waals surface area contributed by atoms with Crippen molar-refractivity contribution in [1.29, 1.82) is 0 Å². The topological polar surface area (TPSA) is 35.0 Å². The molecule has 9 heavy (non-hydrogen) atoms. The van der Waals surface area contributed by atoms with Gasteiger partial charge in [-0.2, -0.15) is 4.98 Å². The molecule has 0 unspecified atom stereocenters. The molecule has 0 atom stereocenters. The summed E-state index contributed by atoms with van der Waals surface area (Å²) in [6.45, 7) is 1.82. The maximum absolute atomic E-state index is 4.84. The summed E-state index contributed by atoms with van der Waals surface area (Å²) in [6.07, 6.45) is 1.67. The molecule has 1 heterocycles. The van der Waals surface area contributed by atoms with Crippen LogP contribution in [0.4, 0.5) is 0 Å². The number of hydrogen-bond donors (Lipinski definition) is 0. The molecule has 0 saturated carbocycles. The second kappa shape index (κ2) is 2.44. The first kappa shape index (κ1) is 6.01. The van der Waals surface area contributed by atoms with Gasteiger partial charge in [0.05, 0.1) is 7.11 Å². The van der Waals surface area contributed by atoms with Gasteiger partial charge in [0.2, 0.25) is 5.88 Å². The molecule has 0 N–H and O–H groups in total. The maximum Gasteiger partial charge on any atom is 0.216 e. The van der Waals surface area contributed by atoms with Crippen LogP contribution in [0.3, 0.4) is 0 Å². The van der Waals surface area contributed by atoms with Crippen molar-refractivity contribution in [2.45, 2.75) is 6.92 Å². The zero-order valence-electron chi connectivity index (χ0n) is 5.46. The normalized spacial score (nSPS) is 9.11. The highest BCUT2D eigenvalue weighted by atomic mass is 16.5. The minimum absolute atomic E-state index is 0.613. The predicted octanol–water partition coefficient (Wildman–Crippen LogP) is 0.794. The number of nitrogens with zero attached hydrogens (tertiary/aromatic N) is 2. The molecule has 1 aromatic heterocycles. The number of aryl methyl sites for hydroxylation is 1. The summed E-state index contributed by atoms with van der Waals surface area (Å²) in [5.41, 5.74) is 0. The molecule has 0 saturated heterocycles. The van der Waals surface area contributed by atoms with E-state index in [4.69, 9.17) is 4.74 Å². The molecule has 0 aliphatic heterocycles. The summed E-state index contributed by atoms with van der Waals surface area (Å²) in [4.78, 5) is 7.86. The Hall–Kier alpha value is -1.12. The minimum atomic E-state index is 0.613. The Morgan fingerprint density at radius 3 is 2.78 bits per heavy atom. The van der Waals surface area contributed by atoms with Crippen LogP contribution in [-0.4, -0.2) is 17.1 Å². The van der Waals surface area contributed by atoms with Gasteiger partial charge in [-0.15, -0.1) is 0 Å². The van der Waals surface area contributed by atoms with Gasteiger partial charge in [0.1, 0.15) is 5.82 Å². The van der Waals surface area contributed by atoms with Crippen LogP contribution in [0, 0.1) is 6.92 Å². The molecule has 0 fully saturated rings. The molecular weight excluding hydrogens is 116 g/mol. The summed E-state index contributed by atoms with van der Waals surface area (Å²) in [5.74, 6) is 1.34. The van der Waals surface area contributed by atoms with Crippen LogP contribution in [0.2, 0.25) is 0 Å². The average molecular weight is 124 g/mol. The largest absolute Gasteiger partial charge is 0.481 e. The molecule has 0 bridgehead atoms. The molecule has 1 rings (SSSR count). The number of hydrogen-bond acceptors (Lipinski definition) is 3. The van der Waals surface area contributed by atoms with Crippen molar-refractivity contribution < 1.29 is 4.74 Å². The van der Waals surface area contributed by atoms with Crippen molar-refractivity contribution >= 4 is 0 Å². The van der Waals surface area contributed by atoms with Gasteiger partial charge in [-0.3, -0.25) is 0 Å². The lowest BCUT2D eigenvalue weighted by Crippen LogP contribution is -1.90. The lowest BCUT2D eigenvalue weighted by atomic mass is 10.6. The molecule has 3 heteroatoms. The third-order valence-electron chi connectivity index (χ3n) is 0.960. The first-order valence-electron chi connectivity index (χ1n) is 2.66. The van der Waals surface area contributed by atoms with Crippen LogP contribution >= 0.6 is 0 Å². The van der Waals surface area contributed by atoms with Gasteiger partial charge in [-0.05, 0) is 6.92 Å². The Kier molecular flexibility index (Phi) is 1.63. The van der Waals surface area contributed by atoms with Crippen molar-refractivity contribution in [2.24, 2.45) is 0 Å². The fraction of sp³-hybridized carbons (Fsp3) is 0.333. The van der Waals surface area contributed by atoms with E-state index in [0.29, 0.717) is 5.88 Å². The smallest absolute Gasteiger partial charge is 0.216 e. The second-order valence-electron chi connectivity index (χ2n) is 1.65. The van der Waals surface area contributed by atoms with Gasteiger partial charge in [-0.1, -0.05) is 0 Å². The summed E-state index contributed by atoms with van der Waals surface area (Å²) < 4.78 is 4.84. The van der Waals surface area contributed by atoms with Crippen LogP contribution in [0.5, 0.6) is 5.88 Å². The Balaban J connectivity index is 2.94. The monoisotopic (exact) mass is 124 g/mol. The van der Waals surface area contributed by atoms with Crippen molar-refractivity contribution in [1.82, 2.24) is 9.97 Å². The quantitative estimate of drug-likeness (QED) is 0.555. The van der Waals surface area contributed by atoms with Crippen molar-refractivity contribution in [3.05, 3.63) is 18.1 Å². The van der Waals surface area contributed by atoms with Crippen LogP contribution in [0.15, 0.2) is 12.3 Å². The van der Waals surface area contributed by atoms with Crippen LogP contribution in [0.1, 0.15) is 5.82 Å². The number of ether oxygens (including phenoxy) is 1. The van der Waals surface area contributed by atoms with Gasteiger partial charge in [-0.25, -0.2) is 4.98 Å². The van der Waals surface area contributed by atoms with Crippen LogP contribution in [0.25, 0.3) is 0 Å². The van der Waals surface area contributed by atoms with Crippen LogP contribution in [-0.2, 0) is 0 Å². The lowest BCUT2D eigenvalue weighted by molar-refractivity contribution is 0.395. The molecule has 0 radical (unpaired) electrons. The molecule has 0 aliphatic rings. The van der Waals surface area contributed by atoms with E-state index >= 15 is 0 Å². The van der Waals surface area contributed by atoms with Gasteiger partial charge >= 0.3 is 0 Å². The Morgan fingerprint density at radius 1 is 1.56 bits per heavy atom. The third-order valence-corrected chi connectivity index (χ3v) is 0.960. The Bertz CT molecular complexity index is 200. The molecular formula is C6H8N2O. The highest BCUT2D eigenvalue weighted by Crippen LogP contribution is 2.01. The molecule has 3 nitrogen and oxygen atoms in total. The molecule has 0 aromatic carbocycles. The van der Waals surface area contributed by atoms with Gasteiger partial charge < -0.3 is 4.74 Å². The predicted molar refractivity (Wildman–Crippen MR) is 33.3 cm³/mol. The van der Waals surface area contributed by atoms with E-state index in [1.807, 2.05) is 6.92 Å². The van der Waals surface area contributed by atoms with E-state index in [9.17, 15) is 0 Å². The van der Waals surface area contributed by atoms with Crippen molar-refractivity contribution in [2.75, 3.05) is 7.11 Å². The van der Waals surface area contributed by atoms with E-state index in [1.54, 1.807) is 19.4 Å². The number of methoxy groups -OCH3 is 1.